The van der Waals surface area contributed by atoms with E-state index in [1.165, 1.54) is 22.5 Å². The van der Waals surface area contributed by atoms with E-state index in [0.717, 1.165) is 21.5 Å². The Hall–Kier alpha value is -1.94. The van der Waals surface area contributed by atoms with Crippen molar-refractivity contribution in [2.24, 2.45) is 4.99 Å². The summed E-state index contributed by atoms with van der Waals surface area (Å²) in [6.45, 7) is 3.07. The first kappa shape index (κ1) is 22.7. The summed E-state index contributed by atoms with van der Waals surface area (Å²) in [4.78, 5) is 18.9. The highest BCUT2D eigenvalue weighted by molar-refractivity contribution is 7.99. The second-order valence-electron chi connectivity index (χ2n) is 6.69. The van der Waals surface area contributed by atoms with E-state index in [-0.39, 0.29) is 17.2 Å². The minimum absolute atomic E-state index is 0.212. The zero-order chi connectivity index (χ0) is 21.7. The Bertz CT molecular complexity index is 1210. The van der Waals surface area contributed by atoms with Crippen LogP contribution in [-0.4, -0.2) is 44.6 Å². The third-order valence-electron chi connectivity index (χ3n) is 4.41. The Morgan fingerprint density at radius 3 is 2.57 bits per heavy atom. The quantitative estimate of drug-likeness (QED) is 0.477. The first-order chi connectivity index (χ1) is 14.3. The number of hydrogen-bond acceptors (Lipinski definition) is 6. The molecule has 6 nitrogen and oxygen atoms in total. The number of sulfone groups is 1. The smallest absolute Gasteiger partial charge is 0.252 e. The van der Waals surface area contributed by atoms with Crippen molar-refractivity contribution in [1.82, 2.24) is 4.57 Å². The molecular formula is C21H24N2O4S3. The fourth-order valence-corrected chi connectivity index (χ4v) is 5.46. The molecule has 0 aliphatic rings. The highest BCUT2D eigenvalue weighted by Gasteiger charge is 2.13. The minimum atomic E-state index is -3.31. The molecule has 0 radical (unpaired) electrons. The zero-order valence-corrected chi connectivity index (χ0v) is 19.6. The van der Waals surface area contributed by atoms with Gasteiger partial charge >= 0.3 is 0 Å². The molecule has 0 unspecified atom stereocenters. The van der Waals surface area contributed by atoms with E-state index in [4.69, 9.17) is 4.74 Å². The molecule has 2 aromatic carbocycles. The Balaban J connectivity index is 1.95. The summed E-state index contributed by atoms with van der Waals surface area (Å²) < 4.78 is 31.6. The number of aromatic nitrogens is 1. The van der Waals surface area contributed by atoms with Crippen LogP contribution in [0.4, 0.5) is 0 Å². The van der Waals surface area contributed by atoms with E-state index in [9.17, 15) is 13.2 Å². The van der Waals surface area contributed by atoms with Gasteiger partial charge in [-0.25, -0.2) is 8.42 Å². The van der Waals surface area contributed by atoms with E-state index >= 15 is 0 Å². The molecule has 0 aliphatic heterocycles. The van der Waals surface area contributed by atoms with Gasteiger partial charge in [-0.2, -0.15) is 4.99 Å². The molecule has 0 atom stereocenters. The Kier molecular flexibility index (Phi) is 7.51. The van der Waals surface area contributed by atoms with Crippen LogP contribution < -0.4 is 4.80 Å². The molecule has 0 fully saturated rings. The topological polar surface area (TPSA) is 77.7 Å². The zero-order valence-electron chi connectivity index (χ0n) is 17.1. The van der Waals surface area contributed by atoms with Gasteiger partial charge in [0.1, 0.15) is 0 Å². The van der Waals surface area contributed by atoms with Crippen molar-refractivity contribution in [3.63, 3.8) is 0 Å². The van der Waals surface area contributed by atoms with Gasteiger partial charge in [-0.05, 0) is 41.6 Å². The summed E-state index contributed by atoms with van der Waals surface area (Å²) in [5.41, 5.74) is 1.74. The number of thioether (sulfide) groups is 1. The van der Waals surface area contributed by atoms with Crippen LogP contribution in [-0.2, 0) is 32.3 Å². The summed E-state index contributed by atoms with van der Waals surface area (Å²) in [6.07, 6.45) is 1.39. The maximum atomic E-state index is 12.6. The van der Waals surface area contributed by atoms with Gasteiger partial charge in [-0.1, -0.05) is 30.4 Å². The Labute approximate surface area is 184 Å². The van der Waals surface area contributed by atoms with Gasteiger partial charge in [0.15, 0.2) is 14.6 Å². The Morgan fingerprint density at radius 2 is 1.93 bits per heavy atom. The van der Waals surface area contributed by atoms with Crippen LogP contribution in [0.3, 0.4) is 0 Å². The molecule has 3 rings (SSSR count). The van der Waals surface area contributed by atoms with Crippen LogP contribution in [0.5, 0.6) is 0 Å². The van der Waals surface area contributed by atoms with Crippen molar-refractivity contribution >= 4 is 49.1 Å². The molecule has 0 saturated carbocycles. The Morgan fingerprint density at radius 1 is 1.20 bits per heavy atom. The molecule has 1 heterocycles. The minimum Gasteiger partial charge on any atom is -0.383 e. The number of fused-ring (bicyclic) bond motifs is 1. The van der Waals surface area contributed by atoms with Crippen LogP contribution in [0.1, 0.15) is 12.5 Å². The number of benzene rings is 2. The molecule has 0 aliphatic carbocycles. The molecule has 0 saturated heterocycles. The van der Waals surface area contributed by atoms with Crippen molar-refractivity contribution in [3.05, 3.63) is 52.8 Å². The van der Waals surface area contributed by atoms with E-state index in [0.29, 0.717) is 18.0 Å². The van der Waals surface area contributed by atoms with Crippen molar-refractivity contribution in [2.75, 3.05) is 25.7 Å². The third-order valence-corrected chi connectivity index (χ3v) is 7.46. The normalized spacial score (nSPS) is 12.6. The van der Waals surface area contributed by atoms with Gasteiger partial charge in [0.25, 0.3) is 5.91 Å². The molecule has 1 amide bonds. The first-order valence-corrected chi connectivity index (χ1v) is 13.1. The molecule has 9 heteroatoms. The number of ether oxygens (including phenoxy) is 1. The lowest BCUT2D eigenvalue weighted by Gasteiger charge is -2.05. The van der Waals surface area contributed by atoms with Crippen LogP contribution in [0.25, 0.3) is 10.2 Å². The first-order valence-electron chi connectivity index (χ1n) is 9.43. The van der Waals surface area contributed by atoms with Gasteiger partial charge in [0.2, 0.25) is 0 Å². The molecule has 0 N–H and O–H groups in total. The summed E-state index contributed by atoms with van der Waals surface area (Å²) in [6, 6.07) is 12.9. The fourth-order valence-electron chi connectivity index (χ4n) is 2.96. The average Bonchev–Trinajstić information content (AvgIpc) is 3.03. The molecular weight excluding hydrogens is 440 g/mol. The second kappa shape index (κ2) is 9.91. The van der Waals surface area contributed by atoms with E-state index in [1.54, 1.807) is 37.1 Å². The molecule has 0 bridgehead atoms. The SMILES string of the molecule is CCSc1ccc(CC(=O)N=c2sc3cc(S(C)(=O)=O)ccc3n2CCOC)cc1. The maximum absolute atomic E-state index is 12.6. The van der Waals surface area contributed by atoms with Crippen LogP contribution in [0, 0.1) is 0 Å². The number of rotatable bonds is 8. The fraction of sp³-hybridized carbons (Fsp3) is 0.333. The van der Waals surface area contributed by atoms with Crippen LogP contribution in [0.2, 0.25) is 0 Å². The van der Waals surface area contributed by atoms with Crippen molar-refractivity contribution < 1.29 is 17.9 Å². The summed E-state index contributed by atoms with van der Waals surface area (Å²) in [7, 11) is -1.70. The van der Waals surface area contributed by atoms with Crippen LogP contribution in [0.15, 0.2) is 57.2 Å². The maximum Gasteiger partial charge on any atom is 0.252 e. The highest BCUT2D eigenvalue weighted by atomic mass is 32.2. The number of thiazole rings is 1. The summed E-state index contributed by atoms with van der Waals surface area (Å²) in [5.74, 6) is 0.758. The number of methoxy groups -OCH3 is 1. The van der Waals surface area contributed by atoms with Crippen LogP contribution >= 0.6 is 23.1 Å². The predicted octanol–water partition coefficient (Wildman–Crippen LogP) is 3.53. The number of hydrogen-bond donors (Lipinski definition) is 0. The monoisotopic (exact) mass is 464 g/mol. The molecule has 160 valence electrons. The lowest BCUT2D eigenvalue weighted by atomic mass is 10.1. The molecule has 3 aromatic rings. The standard InChI is InChI=1S/C21H24N2O4S3/c1-4-28-16-7-5-15(6-8-16)13-20(24)22-21-23(11-12-27-2)18-10-9-17(30(3,25)26)14-19(18)29-21/h5-10,14H,4,11-13H2,1-3H3. The average molecular weight is 465 g/mol. The van der Waals surface area contributed by atoms with E-state index < -0.39 is 9.84 Å². The van der Waals surface area contributed by atoms with Crippen molar-refractivity contribution in [3.8, 4) is 0 Å². The molecule has 0 spiro atoms. The van der Waals surface area contributed by atoms with Gasteiger partial charge in [0, 0.05) is 24.8 Å². The van der Waals surface area contributed by atoms with Crippen molar-refractivity contribution in [1.29, 1.82) is 0 Å². The number of carbonyl (C=O) groups is 1. The van der Waals surface area contributed by atoms with Gasteiger partial charge in [-0.15, -0.1) is 11.8 Å². The van der Waals surface area contributed by atoms with Gasteiger partial charge in [0.05, 0.1) is 28.1 Å². The van der Waals surface area contributed by atoms with E-state index in [2.05, 4.69) is 11.9 Å². The summed E-state index contributed by atoms with van der Waals surface area (Å²) >= 11 is 3.06. The largest absolute Gasteiger partial charge is 0.383 e. The van der Waals surface area contributed by atoms with Crippen molar-refractivity contribution in [2.45, 2.75) is 29.7 Å². The molecule has 1 aromatic heterocycles. The lowest BCUT2D eigenvalue weighted by Crippen LogP contribution is -2.19. The van der Waals surface area contributed by atoms with Gasteiger partial charge in [-0.3, -0.25) is 4.79 Å². The lowest BCUT2D eigenvalue weighted by molar-refractivity contribution is -0.117. The predicted molar refractivity (Wildman–Crippen MR) is 122 cm³/mol. The summed E-state index contributed by atoms with van der Waals surface area (Å²) in [5, 5.41) is 0. The number of amides is 1. The van der Waals surface area contributed by atoms with E-state index in [1.807, 2.05) is 28.8 Å². The number of nitrogens with zero attached hydrogens (tertiary/aromatic N) is 2. The third kappa shape index (κ3) is 5.60. The number of carbonyl (C=O) groups excluding carboxylic acids is 1. The molecule has 30 heavy (non-hydrogen) atoms. The second-order valence-corrected chi connectivity index (χ2v) is 11.1. The van der Waals surface area contributed by atoms with Gasteiger partial charge < -0.3 is 9.30 Å². The highest BCUT2D eigenvalue weighted by Crippen LogP contribution is 2.22.